The molecule has 0 aliphatic heterocycles. The molecule has 1 aromatic heterocycles. The molecule has 312 valence electrons. The first-order chi connectivity index (χ1) is 27.1. The first kappa shape index (κ1) is 47.0. The van der Waals surface area contributed by atoms with Crippen LogP contribution in [0.3, 0.4) is 0 Å². The lowest BCUT2D eigenvalue weighted by molar-refractivity contribution is 0.248. The Labute approximate surface area is 339 Å². The van der Waals surface area contributed by atoms with Crippen molar-refractivity contribution in [3.63, 3.8) is 0 Å². The highest BCUT2D eigenvalue weighted by atomic mass is 16.3. The van der Waals surface area contributed by atoms with Crippen LogP contribution in [-0.4, -0.2) is 38.1 Å². The van der Waals surface area contributed by atoms with Gasteiger partial charge >= 0.3 is 0 Å². The summed E-state index contributed by atoms with van der Waals surface area (Å²) in [6.07, 6.45) is 44.8. The highest BCUT2D eigenvalue weighted by Gasteiger charge is 2.16. The van der Waals surface area contributed by atoms with Crippen LogP contribution in [0.4, 0.5) is 0 Å². The Hall–Kier alpha value is -2.40. The molecule has 0 aliphatic rings. The van der Waals surface area contributed by atoms with Gasteiger partial charge in [0.2, 0.25) is 0 Å². The Morgan fingerprint density at radius 2 is 0.800 bits per heavy atom. The average molecular weight is 759 g/mol. The summed E-state index contributed by atoms with van der Waals surface area (Å²) in [4.78, 5) is 4.23. The Morgan fingerprint density at radius 3 is 1.15 bits per heavy atom. The van der Waals surface area contributed by atoms with E-state index in [9.17, 15) is 5.11 Å². The minimum Gasteiger partial charge on any atom is -0.505 e. The summed E-state index contributed by atoms with van der Waals surface area (Å²) in [5, 5.41) is 20.9. The molecule has 0 amide bonds. The van der Waals surface area contributed by atoms with Gasteiger partial charge in [0.15, 0.2) is 0 Å². The van der Waals surface area contributed by atoms with E-state index in [1.54, 1.807) is 4.80 Å². The summed E-state index contributed by atoms with van der Waals surface area (Å²) in [6.45, 7) is 9.70. The van der Waals surface area contributed by atoms with Gasteiger partial charge in [-0.3, -0.25) is 4.90 Å². The third-order valence-corrected chi connectivity index (χ3v) is 11.9. The second-order valence-electron chi connectivity index (χ2n) is 17.2. The predicted octanol–water partition coefficient (Wildman–Crippen LogP) is 15.8. The molecule has 0 saturated heterocycles. The lowest BCUT2D eigenvalue weighted by atomic mass is 10.0. The molecule has 1 N–H and O–H groups in total. The molecule has 5 heteroatoms. The minimum absolute atomic E-state index is 0.315. The highest BCUT2D eigenvalue weighted by molar-refractivity contribution is 5.73. The molecular formula is C50H86N4O. The molecule has 0 atom stereocenters. The third kappa shape index (κ3) is 21.6. The van der Waals surface area contributed by atoms with Crippen molar-refractivity contribution in [3.05, 3.63) is 47.5 Å². The van der Waals surface area contributed by atoms with E-state index in [2.05, 4.69) is 41.9 Å². The predicted molar refractivity (Wildman–Crippen MR) is 240 cm³/mol. The fourth-order valence-electron chi connectivity index (χ4n) is 8.35. The molecule has 0 spiro atoms. The van der Waals surface area contributed by atoms with Gasteiger partial charge in [-0.1, -0.05) is 225 Å². The van der Waals surface area contributed by atoms with Gasteiger partial charge in [0.05, 0.1) is 0 Å². The van der Waals surface area contributed by atoms with E-state index in [0.29, 0.717) is 11.4 Å². The van der Waals surface area contributed by atoms with Crippen LogP contribution in [0, 0.1) is 6.92 Å². The maximum atomic E-state index is 11.5. The van der Waals surface area contributed by atoms with Crippen molar-refractivity contribution in [2.45, 2.75) is 233 Å². The molecule has 0 saturated carbocycles. The number of hydrogen-bond acceptors (Lipinski definition) is 4. The zero-order chi connectivity index (χ0) is 39.0. The second-order valence-corrected chi connectivity index (χ2v) is 17.2. The van der Waals surface area contributed by atoms with Crippen LogP contribution < -0.4 is 0 Å². The number of fused-ring (bicyclic) bond motifs is 1. The van der Waals surface area contributed by atoms with Gasteiger partial charge < -0.3 is 5.11 Å². The second kappa shape index (κ2) is 31.7. The molecular weight excluding hydrogens is 673 g/mol. The summed E-state index contributed by atoms with van der Waals surface area (Å²) < 4.78 is 0. The quantitative estimate of drug-likeness (QED) is 0.0595. The SMILES string of the molecule is CCCCCCCCCCCCCCCCCCN(CCCCCCCCCCCCCCCCCC)Cc1cc(C)cc(-n2nc3ccccc3n2)c1O. The zero-order valence-corrected chi connectivity index (χ0v) is 36.4. The number of aromatic nitrogens is 3. The number of hydrogen-bond donors (Lipinski definition) is 1. The fourth-order valence-corrected chi connectivity index (χ4v) is 8.35. The maximum Gasteiger partial charge on any atom is 0.147 e. The van der Waals surface area contributed by atoms with Crippen LogP contribution in [0.25, 0.3) is 16.7 Å². The van der Waals surface area contributed by atoms with Gasteiger partial charge in [-0.15, -0.1) is 15.0 Å². The molecule has 0 unspecified atom stereocenters. The number of rotatable bonds is 37. The van der Waals surface area contributed by atoms with Gasteiger partial charge in [0.25, 0.3) is 0 Å². The van der Waals surface area contributed by atoms with Crippen LogP contribution in [0.5, 0.6) is 5.75 Å². The van der Waals surface area contributed by atoms with Crippen LogP contribution in [0.15, 0.2) is 36.4 Å². The minimum atomic E-state index is 0.315. The standard InChI is InChI=1S/C50H86N4O/c1-4-6-8-10-12-14-16-18-20-22-24-26-28-30-32-36-40-53(41-37-33-31-29-27-25-23-21-19-17-15-13-11-9-7-5-2)44-46-42-45(3)43-49(50(46)55)54-51-47-38-34-35-39-48(47)52-54/h34-35,38-39,42-43,55H,4-33,36-37,40-41,44H2,1-3H3. The summed E-state index contributed by atoms with van der Waals surface area (Å²) in [5.41, 5.74) is 4.49. The van der Waals surface area contributed by atoms with Crippen molar-refractivity contribution in [1.29, 1.82) is 0 Å². The van der Waals surface area contributed by atoms with Crippen molar-refractivity contribution >= 4 is 11.0 Å². The summed E-state index contributed by atoms with van der Waals surface area (Å²) >= 11 is 0. The molecule has 0 bridgehead atoms. The van der Waals surface area contributed by atoms with Gasteiger partial charge in [0.1, 0.15) is 22.5 Å². The Morgan fingerprint density at radius 1 is 0.473 bits per heavy atom. The molecule has 2 aromatic carbocycles. The molecule has 5 nitrogen and oxygen atoms in total. The molecule has 1 heterocycles. The van der Waals surface area contributed by atoms with Crippen molar-refractivity contribution in [1.82, 2.24) is 19.9 Å². The van der Waals surface area contributed by atoms with Gasteiger partial charge in [-0.05, 0) is 56.6 Å². The van der Waals surface area contributed by atoms with Gasteiger partial charge in [-0.25, -0.2) is 0 Å². The Kier molecular flexibility index (Phi) is 27.0. The van der Waals surface area contributed by atoms with E-state index in [1.165, 1.54) is 205 Å². The molecule has 55 heavy (non-hydrogen) atoms. The number of phenols is 1. The summed E-state index contributed by atoms with van der Waals surface area (Å²) in [5.74, 6) is 0.315. The smallest absolute Gasteiger partial charge is 0.147 e. The Balaban J connectivity index is 1.36. The Bertz CT molecular complexity index is 1270. The molecule has 0 fully saturated rings. The van der Waals surface area contributed by atoms with E-state index in [0.717, 1.165) is 41.8 Å². The number of benzene rings is 2. The van der Waals surface area contributed by atoms with E-state index in [4.69, 9.17) is 0 Å². The van der Waals surface area contributed by atoms with Gasteiger partial charge in [-0.2, -0.15) is 0 Å². The average Bonchev–Trinajstić information content (AvgIpc) is 3.63. The number of nitrogens with zero attached hydrogens (tertiary/aromatic N) is 4. The number of unbranched alkanes of at least 4 members (excludes halogenated alkanes) is 30. The van der Waals surface area contributed by atoms with Crippen LogP contribution in [0.1, 0.15) is 230 Å². The van der Waals surface area contributed by atoms with E-state index < -0.39 is 0 Å². The fraction of sp³-hybridized carbons (Fsp3) is 0.760. The topological polar surface area (TPSA) is 54.2 Å². The third-order valence-electron chi connectivity index (χ3n) is 11.9. The lowest BCUT2D eigenvalue weighted by Gasteiger charge is -2.24. The first-order valence-electron chi connectivity index (χ1n) is 24.0. The lowest BCUT2D eigenvalue weighted by Crippen LogP contribution is -2.26. The van der Waals surface area contributed by atoms with E-state index >= 15 is 0 Å². The molecule has 0 aliphatic carbocycles. The van der Waals surface area contributed by atoms with Crippen molar-refractivity contribution in [2.24, 2.45) is 0 Å². The van der Waals surface area contributed by atoms with E-state index in [1.807, 2.05) is 30.3 Å². The van der Waals surface area contributed by atoms with Crippen molar-refractivity contribution < 1.29 is 5.11 Å². The van der Waals surface area contributed by atoms with Crippen LogP contribution in [0.2, 0.25) is 0 Å². The maximum absolute atomic E-state index is 11.5. The number of aromatic hydroxyl groups is 1. The zero-order valence-electron chi connectivity index (χ0n) is 36.4. The van der Waals surface area contributed by atoms with Crippen molar-refractivity contribution in [2.75, 3.05) is 13.1 Å². The van der Waals surface area contributed by atoms with Crippen molar-refractivity contribution in [3.8, 4) is 11.4 Å². The normalized spacial score (nSPS) is 11.8. The van der Waals surface area contributed by atoms with Crippen LogP contribution >= 0.6 is 0 Å². The molecule has 3 aromatic rings. The van der Waals surface area contributed by atoms with E-state index in [-0.39, 0.29) is 0 Å². The number of phenolic OH excluding ortho intramolecular Hbond substituents is 1. The largest absolute Gasteiger partial charge is 0.505 e. The summed E-state index contributed by atoms with van der Waals surface area (Å²) in [7, 11) is 0. The molecule has 0 radical (unpaired) electrons. The number of aryl methyl sites for hydroxylation is 1. The monoisotopic (exact) mass is 759 g/mol. The first-order valence-corrected chi connectivity index (χ1v) is 24.0. The van der Waals surface area contributed by atoms with Crippen LogP contribution in [-0.2, 0) is 6.54 Å². The summed E-state index contributed by atoms with van der Waals surface area (Å²) in [6, 6.07) is 12.1. The molecule has 3 rings (SSSR count). The van der Waals surface area contributed by atoms with Gasteiger partial charge in [0, 0.05) is 12.1 Å². The highest BCUT2D eigenvalue weighted by Crippen LogP contribution is 2.29.